The van der Waals surface area contributed by atoms with Crippen LogP contribution in [0, 0.1) is 0 Å². The fourth-order valence-corrected chi connectivity index (χ4v) is 2.08. The van der Waals surface area contributed by atoms with Crippen molar-refractivity contribution in [3.05, 3.63) is 24.3 Å². The van der Waals surface area contributed by atoms with E-state index in [9.17, 15) is 9.59 Å². The van der Waals surface area contributed by atoms with Crippen LogP contribution < -0.4 is 11.1 Å². The molecule has 0 saturated carbocycles. The molecular weight excluding hydrogens is 216 g/mol. The van der Waals surface area contributed by atoms with E-state index in [1.807, 2.05) is 0 Å². The van der Waals surface area contributed by atoms with Crippen molar-refractivity contribution >= 4 is 23.6 Å². The molecule has 2 heterocycles. The van der Waals surface area contributed by atoms with E-state index in [2.05, 4.69) is 15.3 Å². The molecule has 1 aliphatic rings. The van der Waals surface area contributed by atoms with Gasteiger partial charge in [-0.2, -0.15) is 0 Å². The second-order valence-corrected chi connectivity index (χ2v) is 4.22. The van der Waals surface area contributed by atoms with Crippen molar-refractivity contribution in [2.75, 3.05) is 5.75 Å². The van der Waals surface area contributed by atoms with E-state index in [0.29, 0.717) is 5.69 Å². The molecule has 1 aromatic rings. The first-order valence-corrected chi connectivity index (χ1v) is 5.15. The minimum Gasteiger partial charge on any atom is -0.304 e. The van der Waals surface area contributed by atoms with E-state index in [1.54, 1.807) is 6.07 Å². The number of aromatic nitrogens is 2. The molecular formula is C8H8N4O2S. The third-order valence-corrected chi connectivity index (χ3v) is 3.24. The monoisotopic (exact) mass is 224 g/mol. The van der Waals surface area contributed by atoms with E-state index < -0.39 is 10.8 Å². The lowest BCUT2D eigenvalue weighted by atomic mass is 10.2. The Kier molecular flexibility index (Phi) is 2.41. The number of nitrogens with one attached hydrogen (secondary N) is 1. The lowest BCUT2D eigenvalue weighted by Crippen LogP contribution is -2.55. The summed E-state index contributed by atoms with van der Waals surface area (Å²) < 4.78 is 0. The summed E-state index contributed by atoms with van der Waals surface area (Å²) in [7, 11) is 0. The fourth-order valence-electron chi connectivity index (χ4n) is 1.20. The van der Waals surface area contributed by atoms with Crippen LogP contribution in [0.25, 0.3) is 0 Å². The number of amides is 2. The first-order chi connectivity index (χ1) is 7.13. The Balaban J connectivity index is 2.35. The summed E-state index contributed by atoms with van der Waals surface area (Å²) in [5.74, 6) is -0.728. The van der Waals surface area contributed by atoms with Gasteiger partial charge in [0.05, 0.1) is 11.4 Å². The van der Waals surface area contributed by atoms with E-state index >= 15 is 0 Å². The zero-order valence-corrected chi connectivity index (χ0v) is 8.45. The highest BCUT2D eigenvalue weighted by Gasteiger charge is 2.42. The van der Waals surface area contributed by atoms with Gasteiger partial charge in [0.2, 0.25) is 5.91 Å². The van der Waals surface area contributed by atoms with Crippen LogP contribution in [-0.2, 0) is 14.5 Å². The van der Waals surface area contributed by atoms with Gasteiger partial charge in [-0.15, -0.1) is 11.8 Å². The highest BCUT2D eigenvalue weighted by molar-refractivity contribution is 8.01. The number of carbonyl (C=O) groups is 2. The fraction of sp³-hybridized carbons (Fsp3) is 0.250. The Morgan fingerprint density at radius 3 is 2.93 bits per heavy atom. The second kappa shape index (κ2) is 3.59. The standard InChI is InChI=1S/C8H8N4O2S/c9-8(5-1-2-10-4-11-5)7(14)12-6(13)3-15-8/h1-2,4H,3,9H2,(H,12,13,14). The van der Waals surface area contributed by atoms with Crippen LogP contribution in [0.1, 0.15) is 5.69 Å². The van der Waals surface area contributed by atoms with Crippen LogP contribution in [-0.4, -0.2) is 27.5 Å². The maximum atomic E-state index is 11.6. The number of rotatable bonds is 1. The molecule has 2 rings (SSSR count). The molecule has 15 heavy (non-hydrogen) atoms. The summed E-state index contributed by atoms with van der Waals surface area (Å²) in [6, 6.07) is 1.56. The van der Waals surface area contributed by atoms with E-state index in [0.717, 1.165) is 11.8 Å². The van der Waals surface area contributed by atoms with Crippen LogP contribution in [0.15, 0.2) is 18.6 Å². The van der Waals surface area contributed by atoms with Crippen LogP contribution in [0.4, 0.5) is 0 Å². The molecule has 6 nitrogen and oxygen atoms in total. The first-order valence-electron chi connectivity index (χ1n) is 4.16. The van der Waals surface area contributed by atoms with Crippen molar-refractivity contribution in [1.82, 2.24) is 15.3 Å². The summed E-state index contributed by atoms with van der Waals surface area (Å²) in [5.41, 5.74) is 6.29. The zero-order chi connectivity index (χ0) is 10.9. The second-order valence-electron chi connectivity index (χ2n) is 3.00. The summed E-state index contributed by atoms with van der Waals surface area (Å²) in [6.45, 7) is 0. The number of nitrogens with zero attached hydrogens (tertiary/aromatic N) is 2. The quantitative estimate of drug-likeness (QED) is 0.592. The van der Waals surface area contributed by atoms with Gasteiger partial charge in [0.1, 0.15) is 6.33 Å². The van der Waals surface area contributed by atoms with Gasteiger partial charge in [0.15, 0.2) is 4.87 Å². The van der Waals surface area contributed by atoms with Gasteiger partial charge in [-0.05, 0) is 6.07 Å². The SMILES string of the molecule is NC1(c2ccncn2)SCC(=O)NC1=O. The molecule has 0 aromatic carbocycles. The van der Waals surface area contributed by atoms with Gasteiger partial charge in [-0.1, -0.05) is 0 Å². The maximum absolute atomic E-state index is 11.6. The summed E-state index contributed by atoms with van der Waals surface area (Å²) in [4.78, 5) is 28.9. The van der Waals surface area contributed by atoms with Crippen molar-refractivity contribution in [3.63, 3.8) is 0 Å². The van der Waals surface area contributed by atoms with Crippen LogP contribution in [0.3, 0.4) is 0 Å². The van der Waals surface area contributed by atoms with Gasteiger partial charge >= 0.3 is 0 Å². The Morgan fingerprint density at radius 2 is 2.33 bits per heavy atom. The molecule has 78 valence electrons. The molecule has 0 bridgehead atoms. The Hall–Kier alpha value is -1.47. The van der Waals surface area contributed by atoms with Crippen LogP contribution >= 0.6 is 11.8 Å². The number of imide groups is 1. The summed E-state index contributed by atoms with van der Waals surface area (Å²) >= 11 is 1.06. The number of hydrogen-bond donors (Lipinski definition) is 2. The molecule has 1 saturated heterocycles. The van der Waals surface area contributed by atoms with Crippen molar-refractivity contribution in [1.29, 1.82) is 0 Å². The Bertz CT molecular complexity index is 410. The largest absolute Gasteiger partial charge is 0.304 e. The maximum Gasteiger partial charge on any atom is 0.263 e. The van der Waals surface area contributed by atoms with E-state index in [1.165, 1.54) is 12.5 Å². The third-order valence-electron chi connectivity index (χ3n) is 1.98. The Labute approximate surface area is 89.7 Å². The van der Waals surface area contributed by atoms with Gasteiger partial charge in [0.25, 0.3) is 5.91 Å². The molecule has 0 radical (unpaired) electrons. The smallest absolute Gasteiger partial charge is 0.263 e. The minimum absolute atomic E-state index is 0.145. The topological polar surface area (TPSA) is 98.0 Å². The molecule has 1 atom stereocenters. The highest BCUT2D eigenvalue weighted by atomic mass is 32.2. The normalized spacial score (nSPS) is 26.2. The van der Waals surface area contributed by atoms with E-state index in [4.69, 9.17) is 5.73 Å². The molecule has 1 aliphatic heterocycles. The van der Waals surface area contributed by atoms with Crippen LogP contribution in [0.2, 0.25) is 0 Å². The Morgan fingerprint density at radius 1 is 1.53 bits per heavy atom. The predicted molar refractivity (Wildman–Crippen MR) is 53.5 cm³/mol. The highest BCUT2D eigenvalue weighted by Crippen LogP contribution is 2.31. The van der Waals surface area contributed by atoms with E-state index in [-0.39, 0.29) is 11.7 Å². The van der Waals surface area contributed by atoms with Crippen molar-refractivity contribution in [2.45, 2.75) is 4.87 Å². The molecule has 2 amide bonds. The van der Waals surface area contributed by atoms with Crippen molar-refractivity contribution < 1.29 is 9.59 Å². The average Bonchev–Trinajstić information content (AvgIpc) is 2.25. The predicted octanol–water partition coefficient (Wildman–Crippen LogP) is -1.02. The summed E-state index contributed by atoms with van der Waals surface area (Å²) in [5, 5.41) is 2.18. The average molecular weight is 224 g/mol. The number of hydrogen-bond acceptors (Lipinski definition) is 6. The van der Waals surface area contributed by atoms with Crippen molar-refractivity contribution in [2.24, 2.45) is 5.73 Å². The summed E-state index contributed by atoms with van der Waals surface area (Å²) in [6.07, 6.45) is 2.81. The molecule has 1 unspecified atom stereocenters. The molecule has 3 N–H and O–H groups in total. The molecule has 7 heteroatoms. The van der Waals surface area contributed by atoms with Crippen molar-refractivity contribution in [3.8, 4) is 0 Å². The minimum atomic E-state index is -1.29. The molecule has 1 aromatic heterocycles. The number of thioether (sulfide) groups is 1. The molecule has 1 fully saturated rings. The zero-order valence-electron chi connectivity index (χ0n) is 7.64. The number of nitrogens with two attached hydrogens (primary N) is 1. The number of carbonyl (C=O) groups excluding carboxylic acids is 2. The van der Waals surface area contributed by atoms with Gasteiger partial charge in [-0.3, -0.25) is 14.9 Å². The molecule has 0 spiro atoms. The lowest BCUT2D eigenvalue weighted by Gasteiger charge is -2.29. The first kappa shape index (κ1) is 10.1. The van der Waals surface area contributed by atoms with Gasteiger partial charge in [0, 0.05) is 6.20 Å². The lowest BCUT2D eigenvalue weighted by molar-refractivity contribution is -0.131. The third kappa shape index (κ3) is 1.71. The van der Waals surface area contributed by atoms with Crippen LogP contribution in [0.5, 0.6) is 0 Å². The van der Waals surface area contributed by atoms with Gasteiger partial charge < -0.3 is 5.73 Å². The molecule has 0 aliphatic carbocycles. The van der Waals surface area contributed by atoms with Gasteiger partial charge in [-0.25, -0.2) is 9.97 Å².